The van der Waals surface area contributed by atoms with Gasteiger partial charge in [0.1, 0.15) is 29.1 Å². The van der Waals surface area contributed by atoms with Gasteiger partial charge in [0.15, 0.2) is 11.6 Å². The van der Waals surface area contributed by atoms with Crippen LogP contribution in [0.15, 0.2) is 121 Å². The van der Waals surface area contributed by atoms with Crippen LogP contribution in [0.1, 0.15) is 87.9 Å². The molecule has 5 aromatic rings. The smallest absolute Gasteiger partial charge is 0.193 e. The molecule has 0 aliphatic carbocycles. The van der Waals surface area contributed by atoms with Gasteiger partial charge in [-0.25, -0.2) is 0 Å². The fourth-order valence-corrected chi connectivity index (χ4v) is 4.63. The molecule has 0 amide bonds. The van der Waals surface area contributed by atoms with E-state index in [-0.39, 0.29) is 22.8 Å². The molecule has 6 nitrogen and oxygen atoms in total. The summed E-state index contributed by atoms with van der Waals surface area (Å²) >= 11 is 0. The van der Waals surface area contributed by atoms with Crippen molar-refractivity contribution in [1.82, 2.24) is 0 Å². The largest absolute Gasteiger partial charge is 0.488 e. The van der Waals surface area contributed by atoms with Crippen molar-refractivity contribution in [2.45, 2.75) is 52.7 Å². The van der Waals surface area contributed by atoms with Crippen LogP contribution >= 0.6 is 0 Å². The number of aryl methyl sites for hydroxylation is 1. The first kappa shape index (κ1) is 35.5. The number of methoxy groups -OCH3 is 1. The van der Waals surface area contributed by atoms with Crippen molar-refractivity contribution in [3.8, 4) is 17.2 Å². The van der Waals surface area contributed by atoms with Gasteiger partial charge in [-0.2, -0.15) is 0 Å². The molecule has 0 atom stereocenters. The van der Waals surface area contributed by atoms with E-state index in [1.54, 1.807) is 67.8 Å². The van der Waals surface area contributed by atoms with Gasteiger partial charge in [-0.15, -0.1) is 0 Å². The molecule has 0 unspecified atom stereocenters. The third kappa shape index (κ3) is 9.84. The highest BCUT2D eigenvalue weighted by molar-refractivity contribution is 6.09. The minimum absolute atomic E-state index is 0.0285. The summed E-state index contributed by atoms with van der Waals surface area (Å²) in [6, 6.07) is 36.3. The van der Waals surface area contributed by atoms with Gasteiger partial charge in [-0.3, -0.25) is 14.4 Å². The van der Waals surface area contributed by atoms with Gasteiger partial charge in [-0.1, -0.05) is 66.2 Å². The summed E-state index contributed by atoms with van der Waals surface area (Å²) in [4.78, 5) is 35.6. The van der Waals surface area contributed by atoms with E-state index in [9.17, 15) is 14.4 Å². The first-order chi connectivity index (χ1) is 22.8. The van der Waals surface area contributed by atoms with Crippen molar-refractivity contribution in [3.05, 3.63) is 160 Å². The third-order valence-electron chi connectivity index (χ3n) is 7.58. The maximum Gasteiger partial charge on any atom is 0.193 e. The molecule has 0 bridgehead atoms. The predicted molar refractivity (Wildman–Crippen MR) is 190 cm³/mol. The van der Waals surface area contributed by atoms with Gasteiger partial charge < -0.3 is 14.2 Å². The van der Waals surface area contributed by atoms with Crippen LogP contribution in [0, 0.1) is 6.92 Å². The molecular formula is C42H42O6. The summed E-state index contributed by atoms with van der Waals surface area (Å²) in [6.45, 7) is 12.0. The van der Waals surface area contributed by atoms with E-state index >= 15 is 0 Å². The molecule has 0 aliphatic rings. The minimum atomic E-state index is -0.382. The zero-order valence-electron chi connectivity index (χ0n) is 28.6. The number of hydrogen-bond donors (Lipinski definition) is 0. The Morgan fingerprint density at radius 2 is 0.917 bits per heavy atom. The van der Waals surface area contributed by atoms with E-state index in [1.165, 1.54) is 5.56 Å². The van der Waals surface area contributed by atoms with Crippen molar-refractivity contribution < 1.29 is 28.6 Å². The number of ether oxygens (including phenoxy) is 3. The van der Waals surface area contributed by atoms with E-state index in [1.807, 2.05) is 102 Å². The standard InChI is InChI=1S/C24H24O3.C18H18O3/c1-17-5-11-20(12-6-17)26-21-13-7-18(8-14-21)23(25)19-9-15-22(16-10-19)27-24(2,3)4;1-18(2,21-3)16-10-8-15(9-11-16)17(20)14-6-4-13(12-19)5-7-14/h5-16H,1-4H3;4-12H,1-3H3. The second-order valence-electron chi connectivity index (χ2n) is 12.9. The highest BCUT2D eigenvalue weighted by Gasteiger charge is 2.20. The van der Waals surface area contributed by atoms with E-state index in [0.717, 1.165) is 23.3 Å². The van der Waals surface area contributed by atoms with Crippen LogP contribution in [-0.4, -0.2) is 30.6 Å². The van der Waals surface area contributed by atoms with Crippen LogP contribution in [0.2, 0.25) is 0 Å². The molecule has 5 aromatic carbocycles. The van der Waals surface area contributed by atoms with Crippen LogP contribution in [0.25, 0.3) is 0 Å². The average Bonchev–Trinajstić information content (AvgIpc) is 3.09. The lowest BCUT2D eigenvalue weighted by Gasteiger charge is -2.23. The summed E-state index contributed by atoms with van der Waals surface area (Å²) in [7, 11) is 1.66. The molecule has 0 aromatic heterocycles. The van der Waals surface area contributed by atoms with Gasteiger partial charge >= 0.3 is 0 Å². The fourth-order valence-electron chi connectivity index (χ4n) is 4.63. The van der Waals surface area contributed by atoms with Crippen LogP contribution in [0.5, 0.6) is 17.2 Å². The van der Waals surface area contributed by atoms with Gasteiger partial charge in [-0.05, 0) is 108 Å². The predicted octanol–water partition coefficient (Wildman–Crippen LogP) is 9.81. The summed E-state index contributed by atoms with van der Waals surface area (Å²) in [5.74, 6) is 2.13. The number of benzene rings is 5. The minimum Gasteiger partial charge on any atom is -0.488 e. The number of carbonyl (C=O) groups excluding carboxylic acids is 3. The first-order valence-electron chi connectivity index (χ1n) is 15.7. The molecule has 0 radical (unpaired) electrons. The van der Waals surface area contributed by atoms with Crippen molar-refractivity contribution in [2.24, 2.45) is 0 Å². The zero-order valence-corrected chi connectivity index (χ0v) is 28.6. The molecule has 0 spiro atoms. The van der Waals surface area contributed by atoms with E-state index < -0.39 is 0 Å². The molecule has 0 saturated heterocycles. The number of ketones is 2. The maximum atomic E-state index is 12.7. The van der Waals surface area contributed by atoms with E-state index in [2.05, 4.69) is 0 Å². The van der Waals surface area contributed by atoms with Gasteiger partial charge in [0.2, 0.25) is 0 Å². The Bertz CT molecular complexity index is 1810. The van der Waals surface area contributed by atoms with Crippen LogP contribution in [0.4, 0.5) is 0 Å². The van der Waals surface area contributed by atoms with Crippen molar-refractivity contribution in [3.63, 3.8) is 0 Å². The number of hydrogen-bond acceptors (Lipinski definition) is 6. The molecule has 246 valence electrons. The van der Waals surface area contributed by atoms with Gasteiger partial charge in [0, 0.05) is 34.9 Å². The molecule has 48 heavy (non-hydrogen) atoms. The molecular weight excluding hydrogens is 600 g/mol. The Labute approximate surface area is 283 Å². The van der Waals surface area contributed by atoms with Crippen LogP contribution in [-0.2, 0) is 10.3 Å². The highest BCUT2D eigenvalue weighted by atomic mass is 16.5. The fraction of sp³-hybridized carbons (Fsp3) is 0.214. The molecule has 0 heterocycles. The Morgan fingerprint density at radius 3 is 1.31 bits per heavy atom. The van der Waals surface area contributed by atoms with Crippen molar-refractivity contribution >= 4 is 17.9 Å². The summed E-state index contributed by atoms with van der Waals surface area (Å²) in [5.41, 5.74) is 4.54. The van der Waals surface area contributed by atoms with E-state index in [4.69, 9.17) is 14.2 Å². The summed E-state index contributed by atoms with van der Waals surface area (Å²) in [5, 5.41) is 0. The monoisotopic (exact) mass is 642 g/mol. The lowest BCUT2D eigenvalue weighted by atomic mass is 9.95. The zero-order chi connectivity index (χ0) is 34.9. The Balaban J connectivity index is 0.000000224. The second-order valence-corrected chi connectivity index (χ2v) is 12.9. The maximum absolute atomic E-state index is 12.7. The SMILES string of the molecule is COC(C)(C)c1ccc(C(=O)c2ccc(C=O)cc2)cc1.Cc1ccc(Oc2ccc(C(=O)c3ccc(OC(C)(C)C)cc3)cc2)cc1. The Hall–Kier alpha value is -5.33. The van der Waals surface area contributed by atoms with Crippen molar-refractivity contribution in [2.75, 3.05) is 7.11 Å². The van der Waals surface area contributed by atoms with Crippen LogP contribution < -0.4 is 9.47 Å². The quantitative estimate of drug-likeness (QED) is 0.111. The molecule has 0 N–H and O–H groups in total. The summed E-state index contributed by atoms with van der Waals surface area (Å²) in [6.07, 6.45) is 0.760. The normalized spacial score (nSPS) is 11.1. The average molecular weight is 643 g/mol. The van der Waals surface area contributed by atoms with Crippen LogP contribution in [0.3, 0.4) is 0 Å². The van der Waals surface area contributed by atoms with Gasteiger partial charge in [0.25, 0.3) is 0 Å². The molecule has 5 rings (SSSR count). The highest BCUT2D eigenvalue weighted by Crippen LogP contribution is 2.26. The number of aldehydes is 1. The van der Waals surface area contributed by atoms with Crippen molar-refractivity contribution in [1.29, 1.82) is 0 Å². The molecule has 0 fully saturated rings. The first-order valence-corrected chi connectivity index (χ1v) is 15.7. The second kappa shape index (κ2) is 15.5. The lowest BCUT2D eigenvalue weighted by Crippen LogP contribution is -2.22. The molecule has 6 heteroatoms. The number of rotatable bonds is 10. The number of carbonyl (C=O) groups is 3. The van der Waals surface area contributed by atoms with E-state index in [0.29, 0.717) is 33.6 Å². The Kier molecular flexibility index (Phi) is 11.5. The lowest BCUT2D eigenvalue weighted by molar-refractivity contribution is 0.0192. The third-order valence-corrected chi connectivity index (χ3v) is 7.58. The Morgan fingerprint density at radius 1 is 0.542 bits per heavy atom. The van der Waals surface area contributed by atoms with Gasteiger partial charge in [0.05, 0.1) is 5.60 Å². The molecule has 0 saturated carbocycles. The molecule has 0 aliphatic heterocycles. The summed E-state index contributed by atoms with van der Waals surface area (Å²) < 4.78 is 17.0. The topological polar surface area (TPSA) is 78.9 Å².